The summed E-state index contributed by atoms with van der Waals surface area (Å²) >= 11 is 0. The molecule has 1 saturated carbocycles. The predicted octanol–water partition coefficient (Wildman–Crippen LogP) is 4.67. The second-order valence-electron chi connectivity index (χ2n) is 10.4. The Balaban J connectivity index is 1.44. The molecule has 2 atom stereocenters. The first kappa shape index (κ1) is 27.7. The van der Waals surface area contributed by atoms with Gasteiger partial charge in [0.2, 0.25) is 0 Å². The molecule has 2 N–H and O–H groups in total. The minimum atomic E-state index is -1.10. The smallest absolute Gasteiger partial charge is 0.326 e. The molecule has 1 amide bonds. The lowest BCUT2D eigenvalue weighted by Gasteiger charge is -2.38. The predicted molar refractivity (Wildman–Crippen MR) is 148 cm³/mol. The number of carboxylic acids is 1. The lowest BCUT2D eigenvalue weighted by molar-refractivity contribution is -0.161. The first-order chi connectivity index (χ1) is 19.4. The van der Waals surface area contributed by atoms with E-state index in [0.29, 0.717) is 49.4 Å². The van der Waals surface area contributed by atoms with Crippen LogP contribution in [0.1, 0.15) is 54.0 Å². The van der Waals surface area contributed by atoms with Crippen molar-refractivity contribution in [2.75, 3.05) is 7.11 Å². The number of methoxy groups -OCH3 is 1. The molecule has 0 bridgehead atoms. The number of aliphatic hydroxyl groups excluding tert-OH is 1. The van der Waals surface area contributed by atoms with Crippen LogP contribution in [0.25, 0.3) is 0 Å². The molecule has 0 saturated heterocycles. The Morgan fingerprint density at radius 3 is 2.27 bits per heavy atom. The normalized spacial score (nSPS) is 21.2. The molecule has 3 aromatic rings. The van der Waals surface area contributed by atoms with Crippen molar-refractivity contribution in [3.63, 3.8) is 0 Å². The first-order valence-electron chi connectivity index (χ1n) is 13.7. The highest BCUT2D eigenvalue weighted by atomic mass is 16.5. The van der Waals surface area contributed by atoms with Gasteiger partial charge in [-0.25, -0.2) is 4.79 Å². The zero-order valence-electron chi connectivity index (χ0n) is 22.6. The van der Waals surface area contributed by atoms with E-state index in [4.69, 9.17) is 14.2 Å². The van der Waals surface area contributed by atoms with Crippen molar-refractivity contribution in [3.8, 4) is 11.5 Å². The van der Waals surface area contributed by atoms with Gasteiger partial charge in [0.25, 0.3) is 5.91 Å². The van der Waals surface area contributed by atoms with Crippen LogP contribution in [0.15, 0.2) is 72.8 Å². The third-order valence-electron chi connectivity index (χ3n) is 7.75. The maximum atomic E-state index is 14.1. The van der Waals surface area contributed by atoms with Gasteiger partial charge in [-0.15, -0.1) is 0 Å². The van der Waals surface area contributed by atoms with Gasteiger partial charge in [-0.3, -0.25) is 4.79 Å². The average molecular weight is 546 g/mol. The Hall–Kier alpha value is -3.88. The second-order valence-corrected chi connectivity index (χ2v) is 10.4. The fourth-order valence-electron chi connectivity index (χ4n) is 5.55. The number of carbonyl (C=O) groups excluding carboxylic acids is 1. The van der Waals surface area contributed by atoms with Crippen LogP contribution in [0, 0.1) is 0 Å². The maximum absolute atomic E-state index is 14.1. The Labute approximate surface area is 234 Å². The van der Waals surface area contributed by atoms with Crippen LogP contribution < -0.4 is 9.47 Å². The van der Waals surface area contributed by atoms with Crippen LogP contribution in [0.2, 0.25) is 0 Å². The quantitative estimate of drug-likeness (QED) is 0.402. The molecule has 8 nitrogen and oxygen atoms in total. The Morgan fingerprint density at radius 1 is 0.950 bits per heavy atom. The Kier molecular flexibility index (Phi) is 8.67. The van der Waals surface area contributed by atoms with Crippen LogP contribution in [-0.4, -0.2) is 52.3 Å². The van der Waals surface area contributed by atoms with Gasteiger partial charge < -0.3 is 29.3 Å². The number of ether oxygens (including phenoxy) is 3. The van der Waals surface area contributed by atoms with Crippen LogP contribution in [0.3, 0.4) is 0 Å². The Morgan fingerprint density at radius 2 is 1.62 bits per heavy atom. The zero-order chi connectivity index (χ0) is 28.1. The standard InChI is InChI=1S/C32H35NO7/c1-38-28-17-12-23-19-33(27(32(36)37)18-26(23)30(28)39-20-21-8-4-2-5-9-21)31(35)29(22-10-6-3-7-11-22)40-25-15-13-24(34)14-16-25/h2-12,17,24-25,27,29,34H,13-16,18-20H2,1H3,(H,36,37)/t24-,25-,27-,29?/m0/s1. The minimum absolute atomic E-state index is 0.0782. The molecule has 5 rings (SSSR count). The molecule has 0 spiro atoms. The number of amides is 1. The topological polar surface area (TPSA) is 106 Å². The summed E-state index contributed by atoms with van der Waals surface area (Å²) in [5, 5.41) is 20.2. The number of benzene rings is 3. The van der Waals surface area contributed by atoms with E-state index in [-0.39, 0.29) is 25.2 Å². The monoisotopic (exact) mass is 545 g/mol. The molecule has 210 valence electrons. The molecular weight excluding hydrogens is 510 g/mol. The minimum Gasteiger partial charge on any atom is -0.493 e. The van der Waals surface area contributed by atoms with Crippen molar-refractivity contribution < 1.29 is 34.0 Å². The van der Waals surface area contributed by atoms with Gasteiger partial charge in [-0.05, 0) is 48.4 Å². The maximum Gasteiger partial charge on any atom is 0.326 e. The van der Waals surface area contributed by atoms with E-state index < -0.39 is 24.0 Å². The third kappa shape index (κ3) is 6.13. The van der Waals surface area contributed by atoms with Gasteiger partial charge in [0.1, 0.15) is 12.6 Å². The third-order valence-corrected chi connectivity index (χ3v) is 7.75. The molecule has 1 aliphatic carbocycles. The highest BCUT2D eigenvalue weighted by Crippen LogP contribution is 2.40. The highest BCUT2D eigenvalue weighted by molar-refractivity contribution is 5.88. The van der Waals surface area contributed by atoms with E-state index >= 15 is 0 Å². The van der Waals surface area contributed by atoms with Crippen molar-refractivity contribution in [2.45, 2.75) is 69.6 Å². The number of fused-ring (bicyclic) bond motifs is 1. The number of carbonyl (C=O) groups is 2. The van der Waals surface area contributed by atoms with Crippen molar-refractivity contribution in [1.29, 1.82) is 0 Å². The molecule has 1 fully saturated rings. The van der Waals surface area contributed by atoms with Crippen LogP contribution in [-0.2, 0) is 33.9 Å². The number of hydrogen-bond acceptors (Lipinski definition) is 6. The van der Waals surface area contributed by atoms with Crippen LogP contribution >= 0.6 is 0 Å². The summed E-state index contributed by atoms with van der Waals surface area (Å²) in [7, 11) is 1.55. The van der Waals surface area contributed by atoms with E-state index in [1.165, 1.54) is 4.90 Å². The van der Waals surface area contributed by atoms with Crippen molar-refractivity contribution in [1.82, 2.24) is 4.90 Å². The number of nitrogens with zero attached hydrogens (tertiary/aromatic N) is 1. The summed E-state index contributed by atoms with van der Waals surface area (Å²) in [6, 6.07) is 21.5. The van der Waals surface area contributed by atoms with Crippen LogP contribution in [0.4, 0.5) is 0 Å². The van der Waals surface area contributed by atoms with Crippen LogP contribution in [0.5, 0.6) is 11.5 Å². The second kappa shape index (κ2) is 12.5. The fourth-order valence-corrected chi connectivity index (χ4v) is 5.55. The number of aliphatic carboxylic acids is 1. The van der Waals surface area contributed by atoms with E-state index in [1.54, 1.807) is 13.2 Å². The van der Waals surface area contributed by atoms with Gasteiger partial charge in [-0.1, -0.05) is 66.7 Å². The highest BCUT2D eigenvalue weighted by Gasteiger charge is 2.41. The molecule has 3 aromatic carbocycles. The average Bonchev–Trinajstić information content (AvgIpc) is 2.99. The van der Waals surface area contributed by atoms with Gasteiger partial charge in [0.15, 0.2) is 17.6 Å². The lowest BCUT2D eigenvalue weighted by Crippen LogP contribution is -2.51. The lowest BCUT2D eigenvalue weighted by atomic mass is 9.91. The van der Waals surface area contributed by atoms with Crippen molar-refractivity contribution >= 4 is 11.9 Å². The molecule has 1 unspecified atom stereocenters. The largest absolute Gasteiger partial charge is 0.493 e. The fraction of sp³-hybridized carbons (Fsp3) is 0.375. The summed E-state index contributed by atoms with van der Waals surface area (Å²) in [5.41, 5.74) is 3.19. The zero-order valence-corrected chi connectivity index (χ0v) is 22.6. The number of carboxylic acid groups (broad SMARTS) is 1. The van der Waals surface area contributed by atoms with E-state index in [9.17, 15) is 19.8 Å². The van der Waals surface area contributed by atoms with Gasteiger partial charge in [0, 0.05) is 18.5 Å². The Bertz CT molecular complexity index is 1310. The van der Waals surface area contributed by atoms with Gasteiger partial charge in [-0.2, -0.15) is 0 Å². The van der Waals surface area contributed by atoms with E-state index in [1.807, 2.05) is 66.7 Å². The summed E-state index contributed by atoms with van der Waals surface area (Å²) in [4.78, 5) is 28.1. The van der Waals surface area contributed by atoms with Gasteiger partial charge in [0.05, 0.1) is 19.3 Å². The molecule has 2 aliphatic rings. The molecule has 8 heteroatoms. The molecule has 0 radical (unpaired) electrons. The summed E-state index contributed by atoms with van der Waals surface area (Å²) in [5.74, 6) is -0.469. The number of aliphatic hydroxyl groups is 1. The molecular formula is C32H35NO7. The first-order valence-corrected chi connectivity index (χ1v) is 13.7. The van der Waals surface area contributed by atoms with Gasteiger partial charge >= 0.3 is 5.97 Å². The van der Waals surface area contributed by atoms with E-state index in [2.05, 4.69) is 0 Å². The SMILES string of the molecule is COc1ccc2c(c1OCc1ccccc1)C[C@@H](C(=O)O)N(C(=O)C(O[C@H]1CC[C@H](O)CC1)c1ccccc1)C2. The molecule has 1 heterocycles. The summed E-state index contributed by atoms with van der Waals surface area (Å²) < 4.78 is 18.1. The van der Waals surface area contributed by atoms with E-state index in [0.717, 1.165) is 16.7 Å². The number of hydrogen-bond donors (Lipinski definition) is 2. The summed E-state index contributed by atoms with van der Waals surface area (Å²) in [6.07, 6.45) is 1.10. The molecule has 1 aliphatic heterocycles. The molecule has 0 aromatic heterocycles. The van der Waals surface area contributed by atoms with Crippen molar-refractivity contribution in [3.05, 3.63) is 95.1 Å². The number of rotatable bonds is 9. The summed E-state index contributed by atoms with van der Waals surface area (Å²) in [6.45, 7) is 0.404. The molecule has 40 heavy (non-hydrogen) atoms. The van der Waals surface area contributed by atoms with Crippen molar-refractivity contribution in [2.24, 2.45) is 0 Å².